The van der Waals surface area contributed by atoms with Gasteiger partial charge in [-0.2, -0.15) is 0 Å². The third kappa shape index (κ3) is 7.67. The summed E-state index contributed by atoms with van der Waals surface area (Å²) in [6, 6.07) is 54.6. The largest absolute Gasteiger partial charge is 0.456 e. The molecular weight excluding hydrogens is 795 g/mol. The van der Waals surface area contributed by atoms with Gasteiger partial charge in [0, 0.05) is 68.9 Å². The molecule has 0 aliphatic rings. The molecule has 2 heterocycles. The zero-order chi connectivity index (χ0) is 44.9. The van der Waals surface area contributed by atoms with Gasteiger partial charge in [0.15, 0.2) is 0 Å². The lowest BCUT2D eigenvalue weighted by Gasteiger charge is -2.27. The molecule has 8 aromatic carbocycles. The fraction of sp³-hybridized carbons (Fsp3) is 0.150. The highest BCUT2D eigenvalue weighted by atomic mass is 16.3. The maximum absolute atomic E-state index is 6.70. The second kappa shape index (κ2) is 16.8. The average Bonchev–Trinajstić information content (AvgIpc) is 3.86. The van der Waals surface area contributed by atoms with E-state index in [-0.39, 0.29) is 0 Å². The summed E-state index contributed by atoms with van der Waals surface area (Å²) in [4.78, 5) is 8.84. The van der Waals surface area contributed by atoms with Crippen LogP contribution < -0.4 is 9.80 Å². The van der Waals surface area contributed by atoms with Crippen molar-refractivity contribution in [2.45, 2.75) is 53.4 Å². The summed E-state index contributed by atoms with van der Waals surface area (Å²) in [5.74, 6) is 0.908. The molecule has 5 heteroatoms. The number of fused-ring (bicyclic) bond motifs is 8. The van der Waals surface area contributed by atoms with Crippen LogP contribution in [0.25, 0.3) is 66.8 Å². The van der Waals surface area contributed by atoms with E-state index in [9.17, 15) is 0 Å². The van der Waals surface area contributed by atoms with Crippen LogP contribution in [0, 0.1) is 6.92 Å². The Morgan fingerprint density at radius 2 is 1.06 bits per heavy atom. The van der Waals surface area contributed by atoms with E-state index in [4.69, 9.17) is 8.83 Å². The molecular formula is C60H53N3O2. The van der Waals surface area contributed by atoms with Crippen molar-refractivity contribution in [1.82, 2.24) is 0 Å². The van der Waals surface area contributed by atoms with Crippen LogP contribution in [0.2, 0.25) is 0 Å². The van der Waals surface area contributed by atoms with Crippen molar-refractivity contribution >= 4 is 101 Å². The van der Waals surface area contributed by atoms with Crippen molar-refractivity contribution in [2.24, 2.45) is 4.99 Å². The molecule has 0 saturated heterocycles. The predicted octanol–water partition coefficient (Wildman–Crippen LogP) is 17.6. The molecule has 0 aliphatic heterocycles. The topological polar surface area (TPSA) is 45.1 Å². The minimum Gasteiger partial charge on any atom is -0.456 e. The van der Waals surface area contributed by atoms with Gasteiger partial charge < -0.3 is 18.6 Å². The third-order valence-corrected chi connectivity index (χ3v) is 12.8. The van der Waals surface area contributed by atoms with Gasteiger partial charge >= 0.3 is 0 Å². The fourth-order valence-electron chi connectivity index (χ4n) is 9.25. The van der Waals surface area contributed by atoms with Crippen molar-refractivity contribution in [1.29, 1.82) is 0 Å². The highest BCUT2D eigenvalue weighted by Gasteiger charge is 2.21. The molecule has 0 spiro atoms. The van der Waals surface area contributed by atoms with Crippen LogP contribution in [-0.2, 0) is 0 Å². The third-order valence-electron chi connectivity index (χ3n) is 12.8. The van der Waals surface area contributed by atoms with E-state index in [1.165, 1.54) is 16.7 Å². The van der Waals surface area contributed by atoms with E-state index in [0.717, 1.165) is 105 Å². The number of furan rings is 2. The molecule has 320 valence electrons. The Hall–Kier alpha value is -7.63. The number of hydrogen-bond acceptors (Lipinski definition) is 5. The first-order valence-electron chi connectivity index (χ1n) is 22.6. The number of benzene rings is 8. The van der Waals surface area contributed by atoms with E-state index in [0.29, 0.717) is 11.8 Å². The van der Waals surface area contributed by atoms with Crippen LogP contribution in [0.15, 0.2) is 178 Å². The standard InChI is InChI=1S/C60H53N3O2/c1-9-42-32-53-57(34-46(42)30-40(7)62(48-19-10-39(6)11-20-48)49-23-14-43(15-24-49)37(2)3)64-55-28-29-56-60(59(53)55)54-33-45-18-27-52(31-47(45)35-58(54)65-56)63(50-21-12-41(13-22-50)36-61-8)51-25-16-44(17-26-51)38(4)5/h9-38H,1H2,2-8H3/b40-30+,61-36-. The Kier molecular flexibility index (Phi) is 10.7. The van der Waals surface area contributed by atoms with Crippen LogP contribution in [0.5, 0.6) is 0 Å². The predicted molar refractivity (Wildman–Crippen MR) is 278 cm³/mol. The van der Waals surface area contributed by atoms with E-state index in [1.54, 1.807) is 7.05 Å². The normalized spacial score (nSPS) is 12.3. The number of aliphatic imine (C=N–C) groups is 1. The molecule has 0 atom stereocenters. The van der Waals surface area contributed by atoms with Gasteiger partial charge in [-0.15, -0.1) is 0 Å². The van der Waals surface area contributed by atoms with Gasteiger partial charge in [0.25, 0.3) is 0 Å². The molecule has 10 rings (SSSR count). The molecule has 0 saturated carbocycles. The van der Waals surface area contributed by atoms with Gasteiger partial charge in [0.1, 0.15) is 22.3 Å². The van der Waals surface area contributed by atoms with Crippen molar-refractivity contribution in [3.8, 4) is 0 Å². The molecule has 0 radical (unpaired) electrons. The van der Waals surface area contributed by atoms with Crippen LogP contribution >= 0.6 is 0 Å². The van der Waals surface area contributed by atoms with E-state index in [2.05, 4.69) is 209 Å². The highest BCUT2D eigenvalue weighted by molar-refractivity contribution is 6.27. The Bertz CT molecular complexity index is 3460. The van der Waals surface area contributed by atoms with E-state index in [1.807, 2.05) is 24.4 Å². The first-order chi connectivity index (χ1) is 31.6. The van der Waals surface area contributed by atoms with E-state index < -0.39 is 0 Å². The number of rotatable bonds is 11. The molecule has 65 heavy (non-hydrogen) atoms. The van der Waals surface area contributed by atoms with Gasteiger partial charge in [0.2, 0.25) is 0 Å². The lowest BCUT2D eigenvalue weighted by molar-refractivity contribution is 0.663. The van der Waals surface area contributed by atoms with Crippen molar-refractivity contribution in [2.75, 3.05) is 16.8 Å². The van der Waals surface area contributed by atoms with E-state index >= 15 is 0 Å². The molecule has 0 unspecified atom stereocenters. The van der Waals surface area contributed by atoms with Crippen LogP contribution in [0.4, 0.5) is 28.4 Å². The number of anilines is 5. The first-order valence-corrected chi connectivity index (χ1v) is 22.6. The molecule has 0 fully saturated rings. The quantitative estimate of drug-likeness (QED) is 0.122. The highest BCUT2D eigenvalue weighted by Crippen LogP contribution is 2.44. The van der Waals surface area contributed by atoms with Crippen LogP contribution in [0.1, 0.15) is 79.8 Å². The number of allylic oxidation sites excluding steroid dienone is 1. The summed E-state index contributed by atoms with van der Waals surface area (Å²) in [5.41, 5.74) is 16.8. The summed E-state index contributed by atoms with van der Waals surface area (Å²) in [6.45, 7) is 17.5. The van der Waals surface area contributed by atoms with Crippen molar-refractivity contribution < 1.29 is 8.83 Å². The molecule has 0 N–H and O–H groups in total. The lowest BCUT2D eigenvalue weighted by atomic mass is 9.99. The molecule has 0 aliphatic carbocycles. The summed E-state index contributed by atoms with van der Waals surface area (Å²) in [7, 11) is 1.80. The second-order valence-electron chi connectivity index (χ2n) is 17.8. The van der Waals surface area contributed by atoms with Crippen LogP contribution in [-0.4, -0.2) is 13.3 Å². The maximum Gasteiger partial charge on any atom is 0.136 e. The van der Waals surface area contributed by atoms with Gasteiger partial charge in [0.05, 0.1) is 0 Å². The Morgan fingerprint density at radius 1 is 0.538 bits per heavy atom. The Balaban J connectivity index is 1.07. The maximum atomic E-state index is 6.70. The number of aryl methyl sites for hydroxylation is 1. The minimum atomic E-state index is 0.450. The van der Waals surface area contributed by atoms with Crippen LogP contribution in [0.3, 0.4) is 0 Å². The summed E-state index contributed by atoms with van der Waals surface area (Å²) in [6.07, 6.45) is 6.06. The van der Waals surface area contributed by atoms with Gasteiger partial charge in [-0.3, -0.25) is 4.99 Å². The summed E-state index contributed by atoms with van der Waals surface area (Å²) >= 11 is 0. The first kappa shape index (κ1) is 41.4. The lowest BCUT2D eigenvalue weighted by Crippen LogP contribution is -2.14. The van der Waals surface area contributed by atoms with Crippen molar-refractivity contribution in [3.05, 3.63) is 197 Å². The Labute approximate surface area is 381 Å². The second-order valence-corrected chi connectivity index (χ2v) is 17.8. The smallest absolute Gasteiger partial charge is 0.136 e. The number of hydrogen-bond donors (Lipinski definition) is 0. The Morgan fingerprint density at radius 3 is 1.63 bits per heavy atom. The van der Waals surface area contributed by atoms with Gasteiger partial charge in [-0.05, 0) is 167 Å². The summed E-state index contributed by atoms with van der Waals surface area (Å²) < 4.78 is 13.4. The fourth-order valence-corrected chi connectivity index (χ4v) is 9.25. The monoisotopic (exact) mass is 847 g/mol. The minimum absolute atomic E-state index is 0.450. The van der Waals surface area contributed by atoms with Gasteiger partial charge in [-0.1, -0.05) is 101 Å². The molecule has 5 nitrogen and oxygen atoms in total. The average molecular weight is 848 g/mol. The molecule has 0 amide bonds. The molecule has 0 bridgehead atoms. The zero-order valence-electron chi connectivity index (χ0n) is 38.2. The van der Waals surface area contributed by atoms with Gasteiger partial charge in [-0.25, -0.2) is 0 Å². The molecule has 10 aromatic rings. The SMILES string of the molecule is C=Cc1cc2c(cc1/C=C(\C)N(c1ccc(C)cc1)c1ccc(C(C)C)cc1)oc1ccc3oc4cc5cc(N(c6ccc(/C=N\C)cc6)c6ccc(C(C)C)cc6)ccc5cc4c3c12. The molecule has 2 aromatic heterocycles. The summed E-state index contributed by atoms with van der Waals surface area (Å²) in [5, 5.41) is 6.40. The number of nitrogens with zero attached hydrogens (tertiary/aromatic N) is 3. The zero-order valence-corrected chi connectivity index (χ0v) is 38.2. The van der Waals surface area contributed by atoms with Crippen molar-refractivity contribution in [3.63, 3.8) is 0 Å².